The van der Waals surface area contributed by atoms with Gasteiger partial charge in [-0.1, -0.05) is 37.3 Å². The average molecular weight is 240 g/mol. The van der Waals surface area contributed by atoms with Crippen LogP contribution in [0.1, 0.15) is 24.8 Å². The molecule has 1 amide bonds. The van der Waals surface area contributed by atoms with Crippen molar-refractivity contribution in [3.63, 3.8) is 0 Å². The molecular weight excluding hydrogens is 224 g/mol. The number of carbonyl (C=O) groups excluding carboxylic acids is 1. The van der Waals surface area contributed by atoms with E-state index in [0.717, 1.165) is 5.69 Å². The Labute approximate surface area is 107 Å². The van der Waals surface area contributed by atoms with Gasteiger partial charge in [0.25, 0.3) is 0 Å². The van der Waals surface area contributed by atoms with E-state index < -0.39 is 0 Å². The van der Waals surface area contributed by atoms with Crippen molar-refractivity contribution in [1.29, 1.82) is 0 Å². The van der Waals surface area contributed by atoms with Crippen LogP contribution < -0.4 is 5.32 Å². The summed E-state index contributed by atoms with van der Waals surface area (Å²) in [7, 11) is 0. The molecule has 3 heteroatoms. The van der Waals surface area contributed by atoms with E-state index in [2.05, 4.69) is 17.2 Å². The first-order valence-corrected chi connectivity index (χ1v) is 6.00. The predicted octanol–water partition coefficient (Wildman–Crippen LogP) is 3.21. The molecule has 3 nitrogen and oxygen atoms in total. The Hall–Kier alpha value is -2.16. The Kier molecular flexibility index (Phi) is 4.07. The van der Waals surface area contributed by atoms with Crippen LogP contribution in [0.3, 0.4) is 0 Å². The second kappa shape index (κ2) is 5.96. The van der Waals surface area contributed by atoms with Gasteiger partial charge in [-0.25, -0.2) is 0 Å². The fraction of sp³-hybridized carbons (Fsp3) is 0.200. The number of carbonyl (C=O) groups is 1. The third kappa shape index (κ3) is 3.42. The Morgan fingerprint density at radius 1 is 1.22 bits per heavy atom. The topological polar surface area (TPSA) is 42.0 Å². The van der Waals surface area contributed by atoms with E-state index in [0.29, 0.717) is 6.42 Å². The molecule has 0 aliphatic heterocycles. The monoisotopic (exact) mass is 240 g/mol. The molecule has 0 spiro atoms. The Balaban J connectivity index is 1.92. The third-order valence-electron chi connectivity index (χ3n) is 2.81. The number of pyridine rings is 1. The first-order valence-electron chi connectivity index (χ1n) is 6.00. The van der Waals surface area contributed by atoms with Crippen molar-refractivity contribution in [3.8, 4) is 0 Å². The summed E-state index contributed by atoms with van der Waals surface area (Å²) in [5, 5.41) is 2.84. The zero-order valence-electron chi connectivity index (χ0n) is 10.3. The number of hydrogen-bond acceptors (Lipinski definition) is 2. The third-order valence-corrected chi connectivity index (χ3v) is 2.81. The predicted molar refractivity (Wildman–Crippen MR) is 72.3 cm³/mol. The molecule has 0 radical (unpaired) electrons. The van der Waals surface area contributed by atoms with Crippen LogP contribution in [-0.4, -0.2) is 10.9 Å². The van der Waals surface area contributed by atoms with Gasteiger partial charge in [-0.3, -0.25) is 9.78 Å². The number of nitrogens with zero attached hydrogens (tertiary/aromatic N) is 1. The number of benzene rings is 1. The van der Waals surface area contributed by atoms with Gasteiger partial charge in [-0.05, 0) is 23.6 Å². The van der Waals surface area contributed by atoms with Crippen LogP contribution in [0.4, 0.5) is 5.69 Å². The van der Waals surface area contributed by atoms with Crippen LogP contribution in [0.15, 0.2) is 54.9 Å². The fourth-order valence-corrected chi connectivity index (χ4v) is 1.83. The van der Waals surface area contributed by atoms with Crippen molar-refractivity contribution in [3.05, 3.63) is 60.4 Å². The van der Waals surface area contributed by atoms with Crippen molar-refractivity contribution in [2.24, 2.45) is 0 Å². The lowest BCUT2D eigenvalue weighted by atomic mass is 9.97. The highest BCUT2D eigenvalue weighted by Gasteiger charge is 2.10. The molecule has 0 aliphatic carbocycles. The molecule has 1 aromatic heterocycles. The van der Waals surface area contributed by atoms with Crippen LogP contribution in [0.5, 0.6) is 0 Å². The summed E-state index contributed by atoms with van der Waals surface area (Å²) in [6.45, 7) is 2.05. The number of hydrogen-bond donors (Lipinski definition) is 1. The molecule has 1 atom stereocenters. The summed E-state index contributed by atoms with van der Waals surface area (Å²) < 4.78 is 0. The molecule has 0 fully saturated rings. The lowest BCUT2D eigenvalue weighted by Gasteiger charge is -2.11. The SMILES string of the molecule is C[C@H](CC(=O)Nc1cccnc1)c1ccccc1. The second-order valence-corrected chi connectivity index (χ2v) is 4.31. The summed E-state index contributed by atoms with van der Waals surface area (Å²) in [6.07, 6.45) is 3.80. The zero-order chi connectivity index (χ0) is 12.8. The fourth-order valence-electron chi connectivity index (χ4n) is 1.83. The minimum absolute atomic E-state index is 0.0133. The van der Waals surface area contributed by atoms with Crippen LogP contribution in [0.25, 0.3) is 0 Å². The number of aromatic nitrogens is 1. The molecule has 0 saturated carbocycles. The van der Waals surface area contributed by atoms with E-state index in [4.69, 9.17) is 0 Å². The molecule has 2 rings (SSSR count). The van der Waals surface area contributed by atoms with E-state index in [1.807, 2.05) is 36.4 Å². The van der Waals surface area contributed by atoms with Crippen molar-refractivity contribution in [2.75, 3.05) is 5.32 Å². The lowest BCUT2D eigenvalue weighted by Crippen LogP contribution is -2.14. The van der Waals surface area contributed by atoms with Crippen molar-refractivity contribution in [1.82, 2.24) is 4.98 Å². The summed E-state index contributed by atoms with van der Waals surface area (Å²) in [4.78, 5) is 15.8. The Morgan fingerprint density at radius 2 is 2.00 bits per heavy atom. The molecule has 0 unspecified atom stereocenters. The minimum atomic E-state index is 0.0133. The summed E-state index contributed by atoms with van der Waals surface area (Å²) in [5.74, 6) is 0.224. The van der Waals surface area contributed by atoms with E-state index in [1.165, 1.54) is 5.56 Å². The first-order chi connectivity index (χ1) is 8.75. The van der Waals surface area contributed by atoms with E-state index >= 15 is 0 Å². The minimum Gasteiger partial charge on any atom is -0.325 e. The molecule has 1 aromatic carbocycles. The highest BCUT2D eigenvalue weighted by molar-refractivity contribution is 5.90. The van der Waals surface area contributed by atoms with Gasteiger partial charge in [0, 0.05) is 12.6 Å². The Morgan fingerprint density at radius 3 is 2.67 bits per heavy atom. The van der Waals surface area contributed by atoms with Gasteiger partial charge in [-0.15, -0.1) is 0 Å². The normalized spacial score (nSPS) is 11.8. The first kappa shape index (κ1) is 12.3. The maximum atomic E-state index is 11.9. The molecule has 1 N–H and O–H groups in total. The molecule has 0 saturated heterocycles. The second-order valence-electron chi connectivity index (χ2n) is 4.31. The summed E-state index contributed by atoms with van der Waals surface area (Å²) >= 11 is 0. The summed E-state index contributed by atoms with van der Waals surface area (Å²) in [6, 6.07) is 13.7. The van der Waals surface area contributed by atoms with Crippen LogP contribution in [0, 0.1) is 0 Å². The van der Waals surface area contributed by atoms with E-state index in [1.54, 1.807) is 18.5 Å². The van der Waals surface area contributed by atoms with Gasteiger partial charge in [0.2, 0.25) is 5.91 Å². The molecule has 18 heavy (non-hydrogen) atoms. The van der Waals surface area contributed by atoms with Crippen LogP contribution in [0.2, 0.25) is 0 Å². The van der Waals surface area contributed by atoms with E-state index in [-0.39, 0.29) is 11.8 Å². The standard InChI is InChI=1S/C15H16N2O/c1-12(13-6-3-2-4-7-13)10-15(18)17-14-8-5-9-16-11-14/h2-9,11-12H,10H2,1H3,(H,17,18)/t12-/m1/s1. The van der Waals surface area contributed by atoms with Crippen LogP contribution >= 0.6 is 0 Å². The maximum Gasteiger partial charge on any atom is 0.225 e. The van der Waals surface area contributed by atoms with Gasteiger partial charge < -0.3 is 5.32 Å². The lowest BCUT2D eigenvalue weighted by molar-refractivity contribution is -0.116. The average Bonchev–Trinajstić information content (AvgIpc) is 2.40. The largest absolute Gasteiger partial charge is 0.325 e. The number of rotatable bonds is 4. The van der Waals surface area contributed by atoms with Gasteiger partial charge in [0.15, 0.2) is 0 Å². The maximum absolute atomic E-state index is 11.9. The van der Waals surface area contributed by atoms with Gasteiger partial charge in [-0.2, -0.15) is 0 Å². The molecule has 0 bridgehead atoms. The quantitative estimate of drug-likeness (QED) is 0.891. The molecule has 0 aliphatic rings. The van der Waals surface area contributed by atoms with Crippen molar-refractivity contribution in [2.45, 2.75) is 19.3 Å². The van der Waals surface area contributed by atoms with Crippen molar-refractivity contribution >= 4 is 11.6 Å². The van der Waals surface area contributed by atoms with Gasteiger partial charge >= 0.3 is 0 Å². The Bertz CT molecular complexity index is 496. The molecular formula is C15H16N2O. The van der Waals surface area contributed by atoms with Crippen LogP contribution in [-0.2, 0) is 4.79 Å². The summed E-state index contributed by atoms with van der Waals surface area (Å²) in [5.41, 5.74) is 1.92. The van der Waals surface area contributed by atoms with Gasteiger partial charge in [0.1, 0.15) is 0 Å². The zero-order valence-corrected chi connectivity index (χ0v) is 10.3. The number of amides is 1. The molecule has 92 valence electrons. The highest BCUT2D eigenvalue weighted by atomic mass is 16.1. The highest BCUT2D eigenvalue weighted by Crippen LogP contribution is 2.19. The number of nitrogens with one attached hydrogen (secondary N) is 1. The number of anilines is 1. The molecule has 1 heterocycles. The van der Waals surface area contributed by atoms with Gasteiger partial charge in [0.05, 0.1) is 11.9 Å². The van der Waals surface area contributed by atoms with Crippen molar-refractivity contribution < 1.29 is 4.79 Å². The molecule has 2 aromatic rings. The van der Waals surface area contributed by atoms with E-state index in [9.17, 15) is 4.79 Å². The smallest absolute Gasteiger partial charge is 0.225 e.